The number of nitrogens with one attached hydrogen (secondary N) is 1. The smallest absolute Gasteiger partial charge is 0.121 e. The summed E-state index contributed by atoms with van der Waals surface area (Å²) in [5.41, 5.74) is 0. The molecule has 0 saturated carbocycles. The average molecular weight is 284 g/mol. The minimum absolute atomic E-state index is 0.227. The number of aryl methyl sites for hydroxylation is 1. The molecule has 1 unspecified atom stereocenters. The molecule has 0 aliphatic carbocycles. The quantitative estimate of drug-likeness (QED) is 0.847. The Balaban J connectivity index is 2.12. The van der Waals surface area contributed by atoms with Crippen LogP contribution in [-0.2, 0) is 12.8 Å². The van der Waals surface area contributed by atoms with E-state index in [1.807, 2.05) is 6.07 Å². The second kappa shape index (κ2) is 6.41. The van der Waals surface area contributed by atoms with E-state index < -0.39 is 0 Å². The summed E-state index contributed by atoms with van der Waals surface area (Å²) in [6.45, 7) is 5.13. The number of hydrogen-bond donors (Lipinski definition) is 1. The molecule has 2 aromatic rings. The zero-order chi connectivity index (χ0) is 13.0. The predicted octanol–water partition coefficient (Wildman–Crippen LogP) is 4.45. The first-order valence-electron chi connectivity index (χ1n) is 6.29. The van der Waals surface area contributed by atoms with Gasteiger partial charge in [0.15, 0.2) is 0 Å². The highest BCUT2D eigenvalue weighted by atomic mass is 35.5. The second-order valence-corrected chi connectivity index (χ2v) is 5.98. The van der Waals surface area contributed by atoms with Gasteiger partial charge in [-0.05, 0) is 30.8 Å². The van der Waals surface area contributed by atoms with E-state index in [9.17, 15) is 0 Å². The summed E-state index contributed by atoms with van der Waals surface area (Å²) < 4.78 is 6.68. The molecule has 18 heavy (non-hydrogen) atoms. The van der Waals surface area contributed by atoms with Crippen molar-refractivity contribution in [2.24, 2.45) is 0 Å². The van der Waals surface area contributed by atoms with Crippen molar-refractivity contribution in [2.45, 2.75) is 32.7 Å². The Kier molecular flexibility index (Phi) is 4.87. The first kappa shape index (κ1) is 13.7. The molecule has 0 radical (unpaired) electrons. The van der Waals surface area contributed by atoms with Gasteiger partial charge in [-0.25, -0.2) is 0 Å². The lowest BCUT2D eigenvalue weighted by Crippen LogP contribution is -2.22. The van der Waals surface area contributed by atoms with Gasteiger partial charge in [0, 0.05) is 17.7 Å². The molecule has 0 aliphatic heterocycles. The summed E-state index contributed by atoms with van der Waals surface area (Å²) in [7, 11) is 0. The maximum atomic E-state index is 5.97. The molecular formula is C14H18ClNOS. The lowest BCUT2D eigenvalue weighted by molar-refractivity contribution is 0.398. The Morgan fingerprint density at radius 3 is 2.67 bits per heavy atom. The van der Waals surface area contributed by atoms with Crippen LogP contribution < -0.4 is 5.32 Å². The molecule has 4 heteroatoms. The van der Waals surface area contributed by atoms with Crippen LogP contribution in [0.5, 0.6) is 0 Å². The molecular weight excluding hydrogens is 266 g/mol. The second-order valence-electron chi connectivity index (χ2n) is 4.18. The van der Waals surface area contributed by atoms with Crippen LogP contribution in [0.25, 0.3) is 0 Å². The number of thiophene rings is 1. The minimum Gasteiger partial charge on any atom is -0.464 e. The van der Waals surface area contributed by atoms with Gasteiger partial charge in [0.05, 0.1) is 10.4 Å². The van der Waals surface area contributed by atoms with E-state index in [1.165, 1.54) is 4.88 Å². The van der Waals surface area contributed by atoms with E-state index in [-0.39, 0.29) is 6.04 Å². The molecule has 0 spiro atoms. The van der Waals surface area contributed by atoms with E-state index in [1.54, 1.807) is 11.3 Å². The number of rotatable bonds is 6. The summed E-state index contributed by atoms with van der Waals surface area (Å²) >= 11 is 7.60. The van der Waals surface area contributed by atoms with Crippen molar-refractivity contribution < 1.29 is 4.42 Å². The fraction of sp³-hybridized carbons (Fsp3) is 0.429. The van der Waals surface area contributed by atoms with Gasteiger partial charge in [0.2, 0.25) is 0 Å². The van der Waals surface area contributed by atoms with Crippen LogP contribution >= 0.6 is 22.9 Å². The summed E-state index contributed by atoms with van der Waals surface area (Å²) in [5, 5.41) is 3.46. The number of furan rings is 1. The van der Waals surface area contributed by atoms with Gasteiger partial charge in [0.1, 0.15) is 11.5 Å². The molecule has 2 rings (SSSR count). The third-order valence-corrected chi connectivity index (χ3v) is 4.11. The maximum absolute atomic E-state index is 5.97. The molecule has 0 fully saturated rings. The van der Waals surface area contributed by atoms with Gasteiger partial charge in [-0.3, -0.25) is 0 Å². The molecule has 2 aromatic heterocycles. The predicted molar refractivity (Wildman–Crippen MR) is 77.5 cm³/mol. The van der Waals surface area contributed by atoms with Crippen LogP contribution in [0.3, 0.4) is 0 Å². The van der Waals surface area contributed by atoms with Crippen LogP contribution in [0.1, 0.15) is 36.3 Å². The number of likely N-dealkylation sites (N-methyl/N-ethyl adjacent to an activating group) is 1. The summed E-state index contributed by atoms with van der Waals surface area (Å²) in [6.07, 6.45) is 1.85. The molecule has 2 heterocycles. The third kappa shape index (κ3) is 3.37. The summed E-state index contributed by atoms with van der Waals surface area (Å²) in [6, 6.07) is 8.39. The standard InChI is InChI=1S/C14H18ClNOS/c1-3-10-5-7-13(17-10)12(16-4-2)9-11-6-8-14(15)18-11/h5-8,12,16H,3-4,9H2,1-2H3. The molecule has 1 atom stereocenters. The van der Waals surface area contributed by atoms with E-state index in [4.69, 9.17) is 16.0 Å². The van der Waals surface area contributed by atoms with E-state index in [0.717, 1.165) is 35.2 Å². The highest BCUT2D eigenvalue weighted by molar-refractivity contribution is 7.16. The fourth-order valence-corrected chi connectivity index (χ4v) is 3.09. The van der Waals surface area contributed by atoms with Gasteiger partial charge in [-0.1, -0.05) is 25.4 Å². The Labute approximate surface area is 117 Å². The van der Waals surface area contributed by atoms with E-state index in [2.05, 4.69) is 37.4 Å². The first-order valence-corrected chi connectivity index (χ1v) is 7.48. The molecule has 98 valence electrons. The van der Waals surface area contributed by atoms with Crippen molar-refractivity contribution in [1.29, 1.82) is 0 Å². The third-order valence-electron chi connectivity index (χ3n) is 2.86. The van der Waals surface area contributed by atoms with Crippen LogP contribution in [-0.4, -0.2) is 6.54 Å². The lowest BCUT2D eigenvalue weighted by Gasteiger charge is -2.14. The van der Waals surface area contributed by atoms with Crippen molar-refractivity contribution in [1.82, 2.24) is 5.32 Å². The monoisotopic (exact) mass is 283 g/mol. The Morgan fingerprint density at radius 2 is 2.11 bits per heavy atom. The maximum Gasteiger partial charge on any atom is 0.121 e. The molecule has 0 saturated heterocycles. The topological polar surface area (TPSA) is 25.2 Å². The average Bonchev–Trinajstić information content (AvgIpc) is 2.97. The molecule has 1 N–H and O–H groups in total. The fourth-order valence-electron chi connectivity index (χ4n) is 1.95. The Hall–Kier alpha value is -0.770. The van der Waals surface area contributed by atoms with Crippen LogP contribution in [0.4, 0.5) is 0 Å². The van der Waals surface area contributed by atoms with Crippen molar-refractivity contribution in [3.63, 3.8) is 0 Å². The zero-order valence-corrected chi connectivity index (χ0v) is 12.3. The van der Waals surface area contributed by atoms with E-state index in [0.29, 0.717) is 0 Å². The van der Waals surface area contributed by atoms with Crippen LogP contribution in [0, 0.1) is 0 Å². The summed E-state index contributed by atoms with van der Waals surface area (Å²) in [4.78, 5) is 1.28. The highest BCUT2D eigenvalue weighted by Gasteiger charge is 2.16. The molecule has 2 nitrogen and oxygen atoms in total. The van der Waals surface area contributed by atoms with Gasteiger partial charge in [-0.15, -0.1) is 11.3 Å². The van der Waals surface area contributed by atoms with Crippen molar-refractivity contribution >= 4 is 22.9 Å². The lowest BCUT2D eigenvalue weighted by atomic mass is 10.1. The highest BCUT2D eigenvalue weighted by Crippen LogP contribution is 2.27. The van der Waals surface area contributed by atoms with Crippen LogP contribution in [0.15, 0.2) is 28.7 Å². The van der Waals surface area contributed by atoms with Gasteiger partial charge >= 0.3 is 0 Å². The van der Waals surface area contributed by atoms with Gasteiger partial charge < -0.3 is 9.73 Å². The Morgan fingerprint density at radius 1 is 1.28 bits per heavy atom. The van der Waals surface area contributed by atoms with Crippen molar-refractivity contribution in [3.05, 3.63) is 45.0 Å². The summed E-state index contributed by atoms with van der Waals surface area (Å²) in [5.74, 6) is 2.05. The van der Waals surface area contributed by atoms with Crippen LogP contribution in [0.2, 0.25) is 4.34 Å². The van der Waals surface area contributed by atoms with Crippen molar-refractivity contribution in [3.8, 4) is 0 Å². The SMILES string of the molecule is CCNC(Cc1ccc(Cl)s1)c1ccc(CC)o1. The molecule has 0 amide bonds. The largest absolute Gasteiger partial charge is 0.464 e. The van der Waals surface area contributed by atoms with E-state index >= 15 is 0 Å². The van der Waals surface area contributed by atoms with Gasteiger partial charge in [0.25, 0.3) is 0 Å². The van der Waals surface area contributed by atoms with Crippen molar-refractivity contribution in [2.75, 3.05) is 6.54 Å². The number of halogens is 1. The first-order chi connectivity index (χ1) is 8.72. The van der Waals surface area contributed by atoms with Gasteiger partial charge in [-0.2, -0.15) is 0 Å². The minimum atomic E-state index is 0.227. The molecule has 0 bridgehead atoms. The molecule has 0 aliphatic rings. The number of hydrogen-bond acceptors (Lipinski definition) is 3. The zero-order valence-electron chi connectivity index (χ0n) is 10.7. The normalized spacial score (nSPS) is 12.8. The molecule has 0 aromatic carbocycles. The Bertz CT molecular complexity index is 491.